The second-order valence-electron chi connectivity index (χ2n) is 4.37. The monoisotopic (exact) mass is 214 g/mol. The molecule has 1 saturated carbocycles. The van der Waals surface area contributed by atoms with Gasteiger partial charge in [0.25, 0.3) is 0 Å². The van der Waals surface area contributed by atoms with Crippen molar-refractivity contribution in [2.45, 2.75) is 37.5 Å². The van der Waals surface area contributed by atoms with E-state index in [4.69, 9.17) is 0 Å². The Morgan fingerprint density at radius 3 is 2.73 bits per heavy atom. The van der Waals surface area contributed by atoms with Gasteiger partial charge in [-0.05, 0) is 19.3 Å². The maximum absolute atomic E-state index is 11.6. The fourth-order valence-electron chi connectivity index (χ4n) is 2.40. The van der Waals surface area contributed by atoms with Gasteiger partial charge in [0.2, 0.25) is 5.91 Å². The fraction of sp³-hybridized carbons (Fsp3) is 0.900. The number of hydrogen-bond acceptors (Lipinski definition) is 4. The number of nitrogens with one attached hydrogen (secondary N) is 1. The number of aliphatic hydroxyl groups excluding tert-OH is 2. The average Bonchev–Trinajstić information content (AvgIpc) is 2.23. The van der Waals surface area contributed by atoms with Crippen molar-refractivity contribution in [3.05, 3.63) is 0 Å². The van der Waals surface area contributed by atoms with Crippen LogP contribution in [0.25, 0.3) is 0 Å². The second-order valence-corrected chi connectivity index (χ2v) is 4.37. The Kier molecular flexibility index (Phi) is 3.23. The summed E-state index contributed by atoms with van der Waals surface area (Å²) in [5.41, 5.74) is 0. The summed E-state index contributed by atoms with van der Waals surface area (Å²) >= 11 is 0. The number of hydrogen-bond donors (Lipinski definition) is 3. The molecule has 0 bridgehead atoms. The summed E-state index contributed by atoms with van der Waals surface area (Å²) in [5.74, 6) is 0.106. The molecule has 0 aromatic heterocycles. The minimum atomic E-state index is -0.675. The van der Waals surface area contributed by atoms with Gasteiger partial charge in [0.05, 0.1) is 18.8 Å². The van der Waals surface area contributed by atoms with Crippen molar-refractivity contribution >= 4 is 5.91 Å². The zero-order chi connectivity index (χ0) is 10.8. The molecule has 2 fully saturated rings. The lowest BCUT2D eigenvalue weighted by atomic mass is 9.89. The fourth-order valence-corrected chi connectivity index (χ4v) is 2.40. The van der Waals surface area contributed by atoms with E-state index in [2.05, 4.69) is 5.32 Å². The van der Waals surface area contributed by atoms with Crippen molar-refractivity contribution in [1.82, 2.24) is 10.2 Å². The molecule has 86 valence electrons. The van der Waals surface area contributed by atoms with Crippen molar-refractivity contribution in [3.63, 3.8) is 0 Å². The van der Waals surface area contributed by atoms with Crippen LogP contribution in [0.1, 0.15) is 19.3 Å². The molecule has 0 spiro atoms. The van der Waals surface area contributed by atoms with Crippen LogP contribution in [0.5, 0.6) is 0 Å². The maximum atomic E-state index is 11.6. The number of aliphatic hydroxyl groups is 2. The van der Waals surface area contributed by atoms with E-state index in [-0.39, 0.29) is 11.9 Å². The third kappa shape index (κ3) is 2.30. The molecule has 3 atom stereocenters. The van der Waals surface area contributed by atoms with Gasteiger partial charge in [-0.3, -0.25) is 4.79 Å². The SMILES string of the molecule is O=C1CNCCN1[C@H]1CC[C@@H](O)[C@@H](O)C1. The zero-order valence-corrected chi connectivity index (χ0v) is 8.72. The van der Waals surface area contributed by atoms with Gasteiger partial charge in [-0.15, -0.1) is 0 Å². The zero-order valence-electron chi connectivity index (χ0n) is 8.72. The van der Waals surface area contributed by atoms with Crippen LogP contribution in [0.3, 0.4) is 0 Å². The van der Waals surface area contributed by atoms with E-state index in [1.807, 2.05) is 4.90 Å². The third-order valence-electron chi connectivity index (χ3n) is 3.32. The van der Waals surface area contributed by atoms with E-state index >= 15 is 0 Å². The highest BCUT2D eigenvalue weighted by atomic mass is 16.3. The Balaban J connectivity index is 1.95. The first kappa shape index (κ1) is 10.9. The first-order valence-corrected chi connectivity index (χ1v) is 5.55. The van der Waals surface area contributed by atoms with Crippen molar-refractivity contribution in [2.75, 3.05) is 19.6 Å². The molecule has 5 nitrogen and oxygen atoms in total. The predicted molar refractivity (Wildman–Crippen MR) is 54.2 cm³/mol. The van der Waals surface area contributed by atoms with Crippen molar-refractivity contribution in [2.24, 2.45) is 0 Å². The van der Waals surface area contributed by atoms with Crippen LogP contribution in [0.15, 0.2) is 0 Å². The molecule has 1 aliphatic heterocycles. The number of piperazine rings is 1. The van der Waals surface area contributed by atoms with Crippen LogP contribution in [0.2, 0.25) is 0 Å². The number of rotatable bonds is 1. The van der Waals surface area contributed by atoms with Crippen LogP contribution < -0.4 is 5.32 Å². The van der Waals surface area contributed by atoms with E-state index in [0.29, 0.717) is 25.9 Å². The molecule has 5 heteroatoms. The lowest BCUT2D eigenvalue weighted by Gasteiger charge is -2.39. The minimum absolute atomic E-state index is 0.106. The first-order chi connectivity index (χ1) is 7.18. The molecule has 0 unspecified atom stereocenters. The lowest BCUT2D eigenvalue weighted by molar-refractivity contribution is -0.137. The number of carbonyl (C=O) groups excluding carboxylic acids is 1. The first-order valence-electron chi connectivity index (χ1n) is 5.55. The normalized spacial score (nSPS) is 38.1. The molecule has 2 aliphatic rings. The molecule has 0 radical (unpaired) electrons. The minimum Gasteiger partial charge on any atom is -0.390 e. The van der Waals surface area contributed by atoms with Gasteiger partial charge in [0.15, 0.2) is 0 Å². The van der Waals surface area contributed by atoms with E-state index in [9.17, 15) is 15.0 Å². The molecule has 3 N–H and O–H groups in total. The summed E-state index contributed by atoms with van der Waals surface area (Å²) in [6.45, 7) is 1.93. The Morgan fingerprint density at radius 1 is 1.27 bits per heavy atom. The lowest BCUT2D eigenvalue weighted by Crippen LogP contribution is -2.55. The number of nitrogens with zero attached hydrogens (tertiary/aromatic N) is 1. The van der Waals surface area contributed by atoms with Crippen molar-refractivity contribution in [3.8, 4) is 0 Å². The van der Waals surface area contributed by atoms with Crippen molar-refractivity contribution < 1.29 is 15.0 Å². The molecule has 1 aliphatic carbocycles. The molecule has 2 rings (SSSR count). The van der Waals surface area contributed by atoms with Gasteiger partial charge >= 0.3 is 0 Å². The smallest absolute Gasteiger partial charge is 0.236 e. The van der Waals surface area contributed by atoms with Gasteiger partial charge < -0.3 is 20.4 Å². The summed E-state index contributed by atoms with van der Waals surface area (Å²) in [6, 6.07) is 0.109. The molecule has 0 aromatic rings. The van der Waals surface area contributed by atoms with E-state index in [0.717, 1.165) is 13.0 Å². The number of amides is 1. The quantitative estimate of drug-likeness (QED) is 0.507. The molecular formula is C10H18N2O3. The van der Waals surface area contributed by atoms with E-state index < -0.39 is 12.2 Å². The molecule has 1 amide bonds. The summed E-state index contributed by atoms with van der Waals surface area (Å²) in [5, 5.41) is 22.0. The van der Waals surface area contributed by atoms with Crippen LogP contribution in [-0.2, 0) is 4.79 Å². The van der Waals surface area contributed by atoms with Gasteiger partial charge in [-0.25, -0.2) is 0 Å². The Hall–Kier alpha value is -0.650. The maximum Gasteiger partial charge on any atom is 0.236 e. The van der Waals surface area contributed by atoms with Crippen LogP contribution >= 0.6 is 0 Å². The second kappa shape index (κ2) is 4.47. The summed E-state index contributed by atoms with van der Waals surface area (Å²) in [6.07, 6.45) is 0.602. The van der Waals surface area contributed by atoms with Gasteiger partial charge in [-0.1, -0.05) is 0 Å². The topological polar surface area (TPSA) is 72.8 Å². The Bertz CT molecular complexity index is 247. The van der Waals surface area contributed by atoms with Gasteiger partial charge in [-0.2, -0.15) is 0 Å². The van der Waals surface area contributed by atoms with Crippen LogP contribution in [0, 0.1) is 0 Å². The molecular weight excluding hydrogens is 196 g/mol. The van der Waals surface area contributed by atoms with Gasteiger partial charge in [0.1, 0.15) is 0 Å². The third-order valence-corrected chi connectivity index (χ3v) is 3.32. The highest BCUT2D eigenvalue weighted by molar-refractivity contribution is 5.79. The summed E-state index contributed by atoms with van der Waals surface area (Å²) in [4.78, 5) is 13.4. The summed E-state index contributed by atoms with van der Waals surface area (Å²) < 4.78 is 0. The van der Waals surface area contributed by atoms with E-state index in [1.165, 1.54) is 0 Å². The average molecular weight is 214 g/mol. The molecule has 1 saturated heterocycles. The largest absolute Gasteiger partial charge is 0.390 e. The van der Waals surface area contributed by atoms with Gasteiger partial charge in [0, 0.05) is 19.1 Å². The predicted octanol–water partition coefficient (Wildman–Crippen LogP) is -1.31. The molecule has 15 heavy (non-hydrogen) atoms. The Morgan fingerprint density at radius 2 is 2.07 bits per heavy atom. The Labute approximate surface area is 89.1 Å². The highest BCUT2D eigenvalue weighted by Gasteiger charge is 2.33. The standard InChI is InChI=1S/C10H18N2O3/c13-8-2-1-7(5-9(8)14)12-4-3-11-6-10(12)15/h7-9,11,13-14H,1-6H2/t7-,8+,9-/m0/s1. The van der Waals surface area contributed by atoms with E-state index in [1.54, 1.807) is 0 Å². The number of carbonyl (C=O) groups is 1. The van der Waals surface area contributed by atoms with Crippen LogP contribution in [0.4, 0.5) is 0 Å². The molecule has 1 heterocycles. The molecule has 0 aromatic carbocycles. The summed E-state index contributed by atoms with van der Waals surface area (Å²) in [7, 11) is 0. The highest BCUT2D eigenvalue weighted by Crippen LogP contribution is 2.24. The van der Waals surface area contributed by atoms with Crippen LogP contribution in [-0.4, -0.2) is 58.9 Å². The van der Waals surface area contributed by atoms with Crippen molar-refractivity contribution in [1.29, 1.82) is 0 Å².